The SMILES string of the molecule is CCOc1cc(C(C#N)C(O)C2CC2)cc(Br)c1OC. The number of nitrogens with zero attached hydrogens (tertiary/aromatic N) is 1. The molecule has 0 aliphatic heterocycles. The molecule has 5 heteroatoms. The molecular formula is C15H18BrNO3. The van der Waals surface area contributed by atoms with Crippen LogP contribution in [-0.2, 0) is 0 Å². The molecule has 2 unspecified atom stereocenters. The molecule has 2 atom stereocenters. The molecule has 1 aliphatic rings. The van der Waals surface area contributed by atoms with E-state index in [9.17, 15) is 10.4 Å². The first-order chi connectivity index (χ1) is 9.62. The zero-order chi connectivity index (χ0) is 14.7. The first kappa shape index (κ1) is 15.1. The second-order valence-electron chi connectivity index (χ2n) is 4.90. The average molecular weight is 340 g/mol. The second-order valence-corrected chi connectivity index (χ2v) is 5.76. The van der Waals surface area contributed by atoms with Crippen LogP contribution in [0.3, 0.4) is 0 Å². The van der Waals surface area contributed by atoms with Gasteiger partial charge in [0, 0.05) is 0 Å². The molecule has 0 heterocycles. The predicted octanol–water partition coefficient (Wildman–Crippen LogP) is 3.23. The third-order valence-corrected chi connectivity index (χ3v) is 4.07. The highest BCUT2D eigenvalue weighted by Crippen LogP contribution is 2.43. The summed E-state index contributed by atoms with van der Waals surface area (Å²) in [4.78, 5) is 0. The van der Waals surface area contributed by atoms with Crippen molar-refractivity contribution in [2.24, 2.45) is 5.92 Å². The maximum atomic E-state index is 10.2. The van der Waals surface area contributed by atoms with Gasteiger partial charge in [-0.15, -0.1) is 0 Å². The number of ether oxygens (including phenoxy) is 2. The Bertz CT molecular complexity index is 523. The first-order valence-corrected chi connectivity index (χ1v) is 7.49. The van der Waals surface area contributed by atoms with E-state index in [1.807, 2.05) is 13.0 Å². The number of hydrogen-bond acceptors (Lipinski definition) is 4. The van der Waals surface area contributed by atoms with Crippen molar-refractivity contribution in [3.05, 3.63) is 22.2 Å². The van der Waals surface area contributed by atoms with E-state index in [2.05, 4.69) is 22.0 Å². The highest BCUT2D eigenvalue weighted by Gasteiger charge is 2.36. The van der Waals surface area contributed by atoms with Crippen molar-refractivity contribution < 1.29 is 14.6 Å². The molecule has 1 aromatic rings. The van der Waals surface area contributed by atoms with Crippen molar-refractivity contribution in [2.45, 2.75) is 31.8 Å². The summed E-state index contributed by atoms with van der Waals surface area (Å²) >= 11 is 3.43. The number of benzene rings is 1. The Hall–Kier alpha value is -1.25. The molecule has 4 nitrogen and oxygen atoms in total. The van der Waals surface area contributed by atoms with Crippen molar-refractivity contribution in [3.8, 4) is 17.6 Å². The van der Waals surface area contributed by atoms with Crippen LogP contribution in [0, 0.1) is 17.2 Å². The number of nitriles is 1. The van der Waals surface area contributed by atoms with Crippen LogP contribution < -0.4 is 9.47 Å². The Kier molecular flexibility index (Phi) is 4.90. The molecule has 0 amide bonds. The molecule has 1 N–H and O–H groups in total. The third kappa shape index (κ3) is 3.08. The number of aliphatic hydroxyl groups excluding tert-OH is 1. The molecule has 0 bridgehead atoms. The van der Waals surface area contributed by atoms with Gasteiger partial charge in [0.15, 0.2) is 11.5 Å². The van der Waals surface area contributed by atoms with Gasteiger partial charge in [0.05, 0.1) is 36.3 Å². The van der Waals surface area contributed by atoms with Crippen LogP contribution in [0.4, 0.5) is 0 Å². The molecule has 0 aromatic heterocycles. The fourth-order valence-electron chi connectivity index (χ4n) is 2.29. The van der Waals surface area contributed by atoms with Gasteiger partial charge in [-0.05, 0) is 59.3 Å². The molecule has 1 saturated carbocycles. The highest BCUT2D eigenvalue weighted by atomic mass is 79.9. The molecule has 0 saturated heterocycles. The van der Waals surface area contributed by atoms with Crippen LogP contribution in [0.1, 0.15) is 31.2 Å². The van der Waals surface area contributed by atoms with E-state index in [1.54, 1.807) is 13.2 Å². The van der Waals surface area contributed by atoms with Crippen LogP contribution in [-0.4, -0.2) is 24.9 Å². The van der Waals surface area contributed by atoms with Crippen LogP contribution in [0.2, 0.25) is 0 Å². The van der Waals surface area contributed by atoms with Gasteiger partial charge in [-0.3, -0.25) is 0 Å². The maximum absolute atomic E-state index is 10.2. The van der Waals surface area contributed by atoms with Gasteiger partial charge in [-0.2, -0.15) is 5.26 Å². The minimum absolute atomic E-state index is 0.246. The highest BCUT2D eigenvalue weighted by molar-refractivity contribution is 9.10. The number of rotatable bonds is 6. The summed E-state index contributed by atoms with van der Waals surface area (Å²) < 4.78 is 11.6. The lowest BCUT2D eigenvalue weighted by Crippen LogP contribution is -2.19. The van der Waals surface area contributed by atoms with Gasteiger partial charge in [0.25, 0.3) is 0 Å². The Balaban J connectivity index is 2.37. The van der Waals surface area contributed by atoms with Gasteiger partial charge in [0.1, 0.15) is 0 Å². The van der Waals surface area contributed by atoms with Crippen LogP contribution >= 0.6 is 15.9 Å². The van der Waals surface area contributed by atoms with Gasteiger partial charge in [-0.1, -0.05) is 0 Å². The van der Waals surface area contributed by atoms with E-state index in [0.717, 1.165) is 22.9 Å². The van der Waals surface area contributed by atoms with E-state index in [1.165, 1.54) is 0 Å². The summed E-state index contributed by atoms with van der Waals surface area (Å²) in [5.74, 6) is 0.899. The quantitative estimate of drug-likeness (QED) is 0.864. The largest absolute Gasteiger partial charge is 0.492 e. The van der Waals surface area contributed by atoms with Crippen molar-refractivity contribution in [3.63, 3.8) is 0 Å². The lowest BCUT2D eigenvalue weighted by molar-refractivity contribution is 0.138. The fraction of sp³-hybridized carbons (Fsp3) is 0.533. The number of methoxy groups -OCH3 is 1. The van der Waals surface area contributed by atoms with E-state index in [0.29, 0.717) is 18.1 Å². The number of aliphatic hydroxyl groups is 1. The number of halogens is 1. The van der Waals surface area contributed by atoms with E-state index < -0.39 is 12.0 Å². The van der Waals surface area contributed by atoms with Crippen molar-refractivity contribution in [2.75, 3.05) is 13.7 Å². The number of hydrogen-bond donors (Lipinski definition) is 1. The zero-order valence-corrected chi connectivity index (χ0v) is 13.2. The van der Waals surface area contributed by atoms with Crippen molar-refractivity contribution in [1.82, 2.24) is 0 Å². The second kappa shape index (κ2) is 6.47. The maximum Gasteiger partial charge on any atom is 0.174 e. The van der Waals surface area contributed by atoms with Crippen LogP contribution in [0.5, 0.6) is 11.5 Å². The molecule has 2 rings (SSSR count). The summed E-state index contributed by atoms with van der Waals surface area (Å²) in [6, 6.07) is 5.81. The molecule has 0 spiro atoms. The molecule has 1 aromatic carbocycles. The smallest absolute Gasteiger partial charge is 0.174 e. The molecule has 0 radical (unpaired) electrons. The van der Waals surface area contributed by atoms with Crippen molar-refractivity contribution >= 4 is 15.9 Å². The standard InChI is InChI=1S/C15H18BrNO3/c1-3-20-13-7-10(6-12(16)15(13)19-2)11(8-17)14(18)9-4-5-9/h6-7,9,11,14,18H,3-5H2,1-2H3. The molecular weight excluding hydrogens is 322 g/mol. The minimum Gasteiger partial charge on any atom is -0.492 e. The lowest BCUT2D eigenvalue weighted by Gasteiger charge is -2.19. The third-order valence-electron chi connectivity index (χ3n) is 3.48. The molecule has 1 fully saturated rings. The monoisotopic (exact) mass is 339 g/mol. The summed E-state index contributed by atoms with van der Waals surface area (Å²) in [6.45, 7) is 2.40. The fourth-order valence-corrected chi connectivity index (χ4v) is 2.91. The summed E-state index contributed by atoms with van der Waals surface area (Å²) in [7, 11) is 1.57. The molecule has 108 valence electrons. The average Bonchev–Trinajstić information content (AvgIpc) is 3.24. The van der Waals surface area contributed by atoms with Crippen LogP contribution in [0.25, 0.3) is 0 Å². The Morgan fingerprint density at radius 2 is 2.20 bits per heavy atom. The normalized spacial score (nSPS) is 17.1. The molecule has 20 heavy (non-hydrogen) atoms. The summed E-state index contributed by atoms with van der Waals surface area (Å²) in [5.41, 5.74) is 0.753. The van der Waals surface area contributed by atoms with Crippen molar-refractivity contribution in [1.29, 1.82) is 5.26 Å². The first-order valence-electron chi connectivity index (χ1n) is 6.70. The summed E-state index contributed by atoms with van der Waals surface area (Å²) in [5, 5.41) is 19.6. The van der Waals surface area contributed by atoms with Gasteiger partial charge in [0.2, 0.25) is 0 Å². The summed E-state index contributed by atoms with van der Waals surface area (Å²) in [6.07, 6.45) is 1.37. The zero-order valence-electron chi connectivity index (χ0n) is 11.6. The van der Waals surface area contributed by atoms with Gasteiger partial charge < -0.3 is 14.6 Å². The van der Waals surface area contributed by atoms with Crippen LogP contribution in [0.15, 0.2) is 16.6 Å². The topological polar surface area (TPSA) is 62.5 Å². The van der Waals surface area contributed by atoms with Gasteiger partial charge in [-0.25, -0.2) is 0 Å². The van der Waals surface area contributed by atoms with E-state index in [4.69, 9.17) is 9.47 Å². The minimum atomic E-state index is -0.616. The van der Waals surface area contributed by atoms with E-state index >= 15 is 0 Å². The Labute approximate surface area is 127 Å². The lowest BCUT2D eigenvalue weighted by atomic mass is 9.92. The Morgan fingerprint density at radius 3 is 2.70 bits per heavy atom. The predicted molar refractivity (Wildman–Crippen MR) is 78.9 cm³/mol. The molecule has 1 aliphatic carbocycles. The van der Waals surface area contributed by atoms with E-state index in [-0.39, 0.29) is 5.92 Å². The Morgan fingerprint density at radius 1 is 1.50 bits per heavy atom. The van der Waals surface area contributed by atoms with Gasteiger partial charge >= 0.3 is 0 Å².